The summed E-state index contributed by atoms with van der Waals surface area (Å²) in [5.74, 6) is -0.0356. The molecule has 6 heteroatoms. The average molecular weight is 315 g/mol. The topological polar surface area (TPSA) is 54.9 Å². The summed E-state index contributed by atoms with van der Waals surface area (Å²) in [5.41, 5.74) is 2.50. The predicted molar refractivity (Wildman–Crippen MR) is 87.8 cm³/mol. The average Bonchev–Trinajstić information content (AvgIpc) is 3.00. The van der Waals surface area contributed by atoms with Gasteiger partial charge in [0, 0.05) is 11.1 Å². The summed E-state index contributed by atoms with van der Waals surface area (Å²) in [5, 5.41) is 12.6. The Morgan fingerprint density at radius 2 is 2.05 bits per heavy atom. The van der Waals surface area contributed by atoms with Gasteiger partial charge in [-0.1, -0.05) is 59.5 Å². The van der Waals surface area contributed by atoms with E-state index in [0.29, 0.717) is 0 Å². The maximum Gasteiger partial charge on any atom is 0.237 e. The number of rotatable bonds is 4. The quantitative estimate of drug-likeness (QED) is 0.744. The highest BCUT2D eigenvalue weighted by molar-refractivity contribution is 8.02. The minimum atomic E-state index is -0.225. The number of thioether (sulfide) groups is 1. The fourth-order valence-electron chi connectivity index (χ4n) is 1.99. The van der Waals surface area contributed by atoms with Crippen molar-refractivity contribution in [2.45, 2.75) is 16.5 Å². The maximum atomic E-state index is 12.3. The van der Waals surface area contributed by atoms with Crippen molar-refractivity contribution in [1.29, 1.82) is 0 Å². The van der Waals surface area contributed by atoms with Crippen LogP contribution < -0.4 is 5.32 Å². The van der Waals surface area contributed by atoms with Crippen LogP contribution in [0.25, 0.3) is 10.8 Å². The number of benzene rings is 2. The van der Waals surface area contributed by atoms with Crippen LogP contribution in [0.5, 0.6) is 0 Å². The molecule has 1 atom stereocenters. The zero-order chi connectivity index (χ0) is 14.7. The van der Waals surface area contributed by atoms with Gasteiger partial charge in [-0.15, -0.1) is 10.2 Å². The van der Waals surface area contributed by atoms with Gasteiger partial charge in [-0.3, -0.25) is 4.79 Å². The monoisotopic (exact) mass is 315 g/mol. The van der Waals surface area contributed by atoms with Crippen molar-refractivity contribution in [3.8, 4) is 0 Å². The highest BCUT2D eigenvalue weighted by Crippen LogP contribution is 2.27. The van der Waals surface area contributed by atoms with Crippen molar-refractivity contribution in [3.63, 3.8) is 0 Å². The number of anilines is 1. The standard InChI is InChI=1S/C15H13N3OS2/c1-10(21-15-18-16-9-20-15)14(19)17-13-8-4-6-11-5-2-3-7-12(11)13/h2-10H,1H3,(H,17,19)/t10-/m1/s1. The number of nitrogens with one attached hydrogen (secondary N) is 1. The maximum absolute atomic E-state index is 12.3. The summed E-state index contributed by atoms with van der Waals surface area (Å²) < 4.78 is 0.801. The number of amides is 1. The first-order chi connectivity index (χ1) is 10.2. The van der Waals surface area contributed by atoms with Crippen molar-refractivity contribution in [3.05, 3.63) is 48.0 Å². The van der Waals surface area contributed by atoms with E-state index >= 15 is 0 Å². The Morgan fingerprint density at radius 3 is 2.86 bits per heavy atom. The first-order valence-electron chi connectivity index (χ1n) is 6.45. The first kappa shape index (κ1) is 14.0. The number of fused-ring (bicyclic) bond motifs is 1. The van der Waals surface area contributed by atoms with Gasteiger partial charge in [-0.2, -0.15) is 0 Å². The van der Waals surface area contributed by atoms with E-state index < -0.39 is 0 Å². The number of carbonyl (C=O) groups is 1. The second-order valence-electron chi connectivity index (χ2n) is 4.48. The molecule has 3 aromatic rings. The molecule has 1 N–H and O–H groups in total. The molecular weight excluding hydrogens is 302 g/mol. The third-order valence-electron chi connectivity index (χ3n) is 3.03. The molecule has 106 valence electrons. The number of carbonyl (C=O) groups excluding carboxylic acids is 1. The lowest BCUT2D eigenvalue weighted by atomic mass is 10.1. The zero-order valence-corrected chi connectivity index (χ0v) is 12.9. The van der Waals surface area contributed by atoms with Crippen LogP contribution in [-0.4, -0.2) is 21.4 Å². The molecule has 21 heavy (non-hydrogen) atoms. The second-order valence-corrected chi connectivity index (χ2v) is 6.90. The molecule has 1 amide bonds. The van der Waals surface area contributed by atoms with Gasteiger partial charge >= 0.3 is 0 Å². The molecular formula is C15H13N3OS2. The normalized spacial score (nSPS) is 12.2. The van der Waals surface area contributed by atoms with E-state index in [0.717, 1.165) is 20.8 Å². The van der Waals surface area contributed by atoms with Crippen molar-refractivity contribution in [1.82, 2.24) is 10.2 Å². The van der Waals surface area contributed by atoms with Gasteiger partial charge in [0.25, 0.3) is 0 Å². The lowest BCUT2D eigenvalue weighted by molar-refractivity contribution is -0.115. The molecule has 1 heterocycles. The Bertz CT molecular complexity index is 753. The smallest absolute Gasteiger partial charge is 0.237 e. The highest BCUT2D eigenvalue weighted by atomic mass is 32.2. The molecule has 1 aromatic heterocycles. The SMILES string of the molecule is C[C@@H](Sc1nncs1)C(=O)Nc1cccc2ccccc12. The van der Waals surface area contributed by atoms with Gasteiger partial charge in [0.1, 0.15) is 5.51 Å². The Labute approximate surface area is 130 Å². The van der Waals surface area contributed by atoms with Crippen LogP contribution in [0, 0.1) is 0 Å². The molecule has 0 bridgehead atoms. The van der Waals surface area contributed by atoms with E-state index in [1.807, 2.05) is 49.4 Å². The molecule has 0 aliphatic heterocycles. The number of nitrogens with zero attached hydrogens (tertiary/aromatic N) is 2. The van der Waals surface area contributed by atoms with Gasteiger partial charge in [-0.25, -0.2) is 0 Å². The van der Waals surface area contributed by atoms with Crippen molar-refractivity contribution >= 4 is 45.5 Å². The second kappa shape index (κ2) is 6.24. The Morgan fingerprint density at radius 1 is 1.24 bits per heavy atom. The molecule has 0 unspecified atom stereocenters. The molecule has 0 fully saturated rings. The van der Waals surface area contributed by atoms with Gasteiger partial charge in [-0.05, 0) is 18.4 Å². The molecule has 0 radical (unpaired) electrons. The molecule has 2 aromatic carbocycles. The number of aromatic nitrogens is 2. The summed E-state index contributed by atoms with van der Waals surface area (Å²) in [7, 11) is 0. The first-order valence-corrected chi connectivity index (χ1v) is 8.21. The minimum absolute atomic E-state index is 0.0356. The van der Waals surface area contributed by atoms with E-state index in [4.69, 9.17) is 0 Å². The molecule has 3 rings (SSSR count). The molecule has 4 nitrogen and oxygen atoms in total. The Hall–Kier alpha value is -1.92. The van der Waals surface area contributed by atoms with Crippen LogP contribution in [0.2, 0.25) is 0 Å². The molecule has 0 aliphatic rings. The van der Waals surface area contributed by atoms with Crippen LogP contribution in [0.1, 0.15) is 6.92 Å². The van der Waals surface area contributed by atoms with Gasteiger partial charge in [0.05, 0.1) is 5.25 Å². The molecule has 0 saturated carbocycles. The lowest BCUT2D eigenvalue weighted by Crippen LogP contribution is -2.22. The highest BCUT2D eigenvalue weighted by Gasteiger charge is 2.16. The third kappa shape index (κ3) is 3.22. The van der Waals surface area contributed by atoms with Crippen molar-refractivity contribution < 1.29 is 4.79 Å². The number of hydrogen-bond acceptors (Lipinski definition) is 5. The Balaban J connectivity index is 1.77. The van der Waals surface area contributed by atoms with Crippen molar-refractivity contribution in [2.24, 2.45) is 0 Å². The largest absolute Gasteiger partial charge is 0.325 e. The van der Waals surface area contributed by atoms with Crippen LogP contribution in [-0.2, 0) is 4.79 Å². The zero-order valence-electron chi connectivity index (χ0n) is 11.3. The lowest BCUT2D eigenvalue weighted by Gasteiger charge is -2.12. The summed E-state index contributed by atoms with van der Waals surface area (Å²) in [6.45, 7) is 1.87. The fraction of sp³-hybridized carbons (Fsp3) is 0.133. The van der Waals surface area contributed by atoms with Gasteiger partial charge in [0.2, 0.25) is 5.91 Å². The summed E-state index contributed by atoms with van der Waals surface area (Å²) >= 11 is 2.85. The predicted octanol–water partition coefficient (Wildman–Crippen LogP) is 3.81. The van der Waals surface area contributed by atoms with Gasteiger partial charge < -0.3 is 5.32 Å². The van der Waals surface area contributed by atoms with Crippen LogP contribution in [0.3, 0.4) is 0 Å². The summed E-state index contributed by atoms with van der Waals surface area (Å²) in [6.07, 6.45) is 0. The number of hydrogen-bond donors (Lipinski definition) is 1. The van der Waals surface area contributed by atoms with Crippen LogP contribution in [0.4, 0.5) is 5.69 Å². The van der Waals surface area contributed by atoms with E-state index in [1.54, 1.807) is 5.51 Å². The van der Waals surface area contributed by atoms with Crippen LogP contribution in [0.15, 0.2) is 52.3 Å². The molecule has 0 aliphatic carbocycles. The van der Waals surface area contributed by atoms with E-state index in [2.05, 4.69) is 15.5 Å². The van der Waals surface area contributed by atoms with E-state index in [1.165, 1.54) is 23.1 Å². The minimum Gasteiger partial charge on any atom is -0.325 e. The fourth-order valence-corrected chi connectivity index (χ4v) is 3.61. The van der Waals surface area contributed by atoms with E-state index in [-0.39, 0.29) is 11.2 Å². The Kier molecular flexibility index (Phi) is 4.17. The summed E-state index contributed by atoms with van der Waals surface area (Å²) in [6, 6.07) is 13.9. The van der Waals surface area contributed by atoms with Gasteiger partial charge in [0.15, 0.2) is 4.34 Å². The van der Waals surface area contributed by atoms with Crippen LogP contribution >= 0.6 is 23.1 Å². The molecule has 0 saturated heterocycles. The van der Waals surface area contributed by atoms with E-state index in [9.17, 15) is 4.79 Å². The molecule has 0 spiro atoms. The van der Waals surface area contributed by atoms with Crippen molar-refractivity contribution in [2.75, 3.05) is 5.32 Å². The summed E-state index contributed by atoms with van der Waals surface area (Å²) in [4.78, 5) is 12.3. The third-order valence-corrected chi connectivity index (χ3v) is 4.95.